The molecule has 5 heteroatoms. The van der Waals surface area contributed by atoms with E-state index in [0.29, 0.717) is 5.75 Å². The van der Waals surface area contributed by atoms with Crippen LogP contribution in [0.25, 0.3) is 0 Å². The van der Waals surface area contributed by atoms with Crippen molar-refractivity contribution in [3.05, 3.63) is 34.9 Å². The molecule has 96 valence electrons. The molecule has 0 bridgehead atoms. The monoisotopic (exact) mass is 275 g/mol. The Morgan fingerprint density at radius 3 is 2.71 bits per heavy atom. The van der Waals surface area contributed by atoms with E-state index in [2.05, 4.69) is 32.0 Å². The standard InChI is InChI=1S/C12H17NO2S.ClH/c1-8-3-4-9(2)10(5-8)6-16-7-11(13)12(14)15;/h3-5,11H,6-7,13H2,1-2H3,(H,14,15);1H. The molecule has 3 N–H and O–H groups in total. The lowest BCUT2D eigenvalue weighted by molar-refractivity contribution is -0.137. The number of thioether (sulfide) groups is 1. The molecular weight excluding hydrogens is 258 g/mol. The van der Waals surface area contributed by atoms with Crippen LogP contribution in [-0.2, 0) is 10.5 Å². The fourth-order valence-corrected chi connectivity index (χ4v) is 2.37. The van der Waals surface area contributed by atoms with Gasteiger partial charge in [-0.1, -0.05) is 23.8 Å². The molecule has 0 aliphatic rings. The summed E-state index contributed by atoms with van der Waals surface area (Å²) in [6.45, 7) is 4.11. The first-order valence-corrected chi connectivity index (χ1v) is 6.28. The van der Waals surface area contributed by atoms with E-state index in [1.807, 2.05) is 0 Å². The average Bonchev–Trinajstić information content (AvgIpc) is 2.22. The van der Waals surface area contributed by atoms with Gasteiger partial charge in [0.1, 0.15) is 6.04 Å². The number of hydrogen-bond donors (Lipinski definition) is 2. The van der Waals surface area contributed by atoms with Crippen LogP contribution in [0, 0.1) is 13.8 Å². The van der Waals surface area contributed by atoms with Crippen molar-refractivity contribution in [2.75, 3.05) is 5.75 Å². The van der Waals surface area contributed by atoms with Crippen molar-refractivity contribution in [2.45, 2.75) is 25.6 Å². The molecule has 1 rings (SSSR count). The molecule has 1 atom stereocenters. The minimum absolute atomic E-state index is 0. The summed E-state index contributed by atoms with van der Waals surface area (Å²) < 4.78 is 0. The Kier molecular flexibility index (Phi) is 7.27. The third kappa shape index (κ3) is 5.44. The summed E-state index contributed by atoms with van der Waals surface area (Å²) in [6, 6.07) is 5.53. The molecule has 0 saturated carbocycles. The van der Waals surface area contributed by atoms with Crippen molar-refractivity contribution in [1.29, 1.82) is 0 Å². The summed E-state index contributed by atoms with van der Waals surface area (Å²) in [5, 5.41) is 8.64. The Morgan fingerprint density at radius 1 is 1.47 bits per heavy atom. The van der Waals surface area contributed by atoms with Gasteiger partial charge < -0.3 is 10.8 Å². The molecule has 0 heterocycles. The summed E-state index contributed by atoms with van der Waals surface area (Å²) >= 11 is 1.56. The van der Waals surface area contributed by atoms with Crippen molar-refractivity contribution in [3.63, 3.8) is 0 Å². The van der Waals surface area contributed by atoms with Gasteiger partial charge in [-0.2, -0.15) is 11.8 Å². The van der Waals surface area contributed by atoms with Crippen LogP contribution in [0.15, 0.2) is 18.2 Å². The van der Waals surface area contributed by atoms with E-state index in [4.69, 9.17) is 10.8 Å². The topological polar surface area (TPSA) is 63.3 Å². The Bertz CT molecular complexity index is 385. The highest BCUT2D eigenvalue weighted by Crippen LogP contribution is 2.18. The third-order valence-electron chi connectivity index (χ3n) is 2.38. The summed E-state index contributed by atoms with van der Waals surface area (Å²) in [4.78, 5) is 10.5. The molecule has 0 saturated heterocycles. The maximum absolute atomic E-state index is 10.5. The van der Waals surface area contributed by atoms with Crippen molar-refractivity contribution in [3.8, 4) is 0 Å². The Labute approximate surface area is 112 Å². The molecule has 0 spiro atoms. The normalized spacial score (nSPS) is 11.7. The van der Waals surface area contributed by atoms with Gasteiger partial charge in [-0.15, -0.1) is 12.4 Å². The predicted molar refractivity (Wildman–Crippen MR) is 74.9 cm³/mol. The minimum Gasteiger partial charge on any atom is -0.480 e. The van der Waals surface area contributed by atoms with E-state index in [1.54, 1.807) is 11.8 Å². The van der Waals surface area contributed by atoms with Crippen molar-refractivity contribution >= 4 is 30.1 Å². The maximum atomic E-state index is 10.5. The number of halogens is 1. The van der Waals surface area contributed by atoms with Gasteiger partial charge >= 0.3 is 5.97 Å². The molecule has 0 radical (unpaired) electrons. The van der Waals surface area contributed by atoms with Gasteiger partial charge in [0.15, 0.2) is 0 Å². The molecule has 1 unspecified atom stereocenters. The zero-order chi connectivity index (χ0) is 12.1. The molecule has 0 amide bonds. The second kappa shape index (κ2) is 7.58. The van der Waals surface area contributed by atoms with Gasteiger partial charge in [-0.3, -0.25) is 4.79 Å². The van der Waals surface area contributed by atoms with E-state index >= 15 is 0 Å². The lowest BCUT2D eigenvalue weighted by atomic mass is 10.1. The van der Waals surface area contributed by atoms with Gasteiger partial charge in [0.05, 0.1) is 0 Å². The van der Waals surface area contributed by atoms with Gasteiger partial charge in [0.25, 0.3) is 0 Å². The summed E-state index contributed by atoms with van der Waals surface area (Å²) in [5.74, 6) is 0.325. The zero-order valence-corrected chi connectivity index (χ0v) is 11.6. The van der Waals surface area contributed by atoms with Gasteiger partial charge in [-0.05, 0) is 25.0 Å². The first-order chi connectivity index (χ1) is 7.50. The second-order valence-electron chi connectivity index (χ2n) is 3.89. The van der Waals surface area contributed by atoms with E-state index in [1.165, 1.54) is 16.7 Å². The Balaban J connectivity index is 0.00000256. The van der Waals surface area contributed by atoms with Gasteiger partial charge in [0.2, 0.25) is 0 Å². The number of carboxylic acid groups (broad SMARTS) is 1. The number of carbonyl (C=O) groups is 1. The van der Waals surface area contributed by atoms with Crippen LogP contribution in [0.2, 0.25) is 0 Å². The fraction of sp³-hybridized carbons (Fsp3) is 0.417. The zero-order valence-electron chi connectivity index (χ0n) is 9.97. The highest BCUT2D eigenvalue weighted by molar-refractivity contribution is 7.98. The Hall–Kier alpha value is -0.710. The van der Waals surface area contributed by atoms with E-state index in [9.17, 15) is 4.79 Å². The first-order valence-electron chi connectivity index (χ1n) is 5.13. The smallest absolute Gasteiger partial charge is 0.321 e. The molecule has 0 aliphatic carbocycles. The van der Waals surface area contributed by atoms with Crippen LogP contribution in [0.1, 0.15) is 16.7 Å². The largest absolute Gasteiger partial charge is 0.480 e. The third-order valence-corrected chi connectivity index (χ3v) is 3.49. The molecule has 1 aromatic carbocycles. The molecule has 1 aromatic rings. The van der Waals surface area contributed by atoms with Crippen LogP contribution in [0.4, 0.5) is 0 Å². The second-order valence-corrected chi connectivity index (χ2v) is 4.92. The highest BCUT2D eigenvalue weighted by Gasteiger charge is 2.11. The van der Waals surface area contributed by atoms with Crippen LogP contribution in [0.5, 0.6) is 0 Å². The molecule has 17 heavy (non-hydrogen) atoms. The number of nitrogens with two attached hydrogens (primary N) is 1. The van der Waals surface area contributed by atoms with Crippen LogP contribution >= 0.6 is 24.2 Å². The molecule has 0 aromatic heterocycles. The summed E-state index contributed by atoms with van der Waals surface area (Å²) in [7, 11) is 0. The average molecular weight is 276 g/mol. The lowest BCUT2D eigenvalue weighted by Crippen LogP contribution is -2.32. The van der Waals surface area contributed by atoms with Crippen LogP contribution < -0.4 is 5.73 Å². The highest BCUT2D eigenvalue weighted by atomic mass is 35.5. The van der Waals surface area contributed by atoms with Crippen molar-refractivity contribution < 1.29 is 9.90 Å². The SMILES string of the molecule is Cc1ccc(C)c(CSCC(N)C(=O)O)c1.Cl. The summed E-state index contributed by atoms with van der Waals surface area (Å²) in [6.07, 6.45) is 0. The number of hydrogen-bond acceptors (Lipinski definition) is 3. The first kappa shape index (κ1) is 16.3. The number of aryl methyl sites for hydroxylation is 2. The number of carboxylic acids is 1. The molecular formula is C12H18ClNO2S. The van der Waals surface area contributed by atoms with Gasteiger partial charge in [0, 0.05) is 11.5 Å². The van der Waals surface area contributed by atoms with Crippen LogP contribution in [-0.4, -0.2) is 22.9 Å². The van der Waals surface area contributed by atoms with Gasteiger partial charge in [-0.25, -0.2) is 0 Å². The fourth-order valence-electron chi connectivity index (χ4n) is 1.32. The molecule has 0 fully saturated rings. The van der Waals surface area contributed by atoms with E-state index < -0.39 is 12.0 Å². The van der Waals surface area contributed by atoms with E-state index in [-0.39, 0.29) is 12.4 Å². The van der Waals surface area contributed by atoms with E-state index in [0.717, 1.165) is 5.75 Å². The minimum atomic E-state index is -0.937. The van der Waals surface area contributed by atoms with Crippen molar-refractivity contribution in [2.24, 2.45) is 5.73 Å². The predicted octanol–water partition coefficient (Wildman–Crippen LogP) is 2.37. The maximum Gasteiger partial charge on any atom is 0.321 e. The Morgan fingerprint density at radius 2 is 2.12 bits per heavy atom. The number of rotatable bonds is 5. The number of benzene rings is 1. The van der Waals surface area contributed by atoms with Crippen LogP contribution in [0.3, 0.4) is 0 Å². The molecule has 3 nitrogen and oxygen atoms in total. The molecule has 0 aliphatic heterocycles. The number of aliphatic carboxylic acids is 1. The summed E-state index contributed by atoms with van der Waals surface area (Å²) in [5.41, 5.74) is 9.14. The van der Waals surface area contributed by atoms with Crippen molar-refractivity contribution in [1.82, 2.24) is 0 Å². The lowest BCUT2D eigenvalue weighted by Gasteiger charge is -2.08. The quantitative estimate of drug-likeness (QED) is 0.866.